The number of nitrogens with zero attached hydrogens (tertiary/aromatic N) is 4. The number of pyridine rings is 1. The molecule has 1 saturated heterocycles. The van der Waals surface area contributed by atoms with Crippen LogP contribution >= 0.6 is 0 Å². The van der Waals surface area contributed by atoms with Gasteiger partial charge in [0.25, 0.3) is 0 Å². The van der Waals surface area contributed by atoms with Crippen LogP contribution in [0.1, 0.15) is 18.0 Å². The number of para-hydroxylation sites is 1. The van der Waals surface area contributed by atoms with Crippen LogP contribution in [-0.2, 0) is 11.3 Å². The van der Waals surface area contributed by atoms with Gasteiger partial charge in [-0.3, -0.25) is 9.13 Å². The number of urea groups is 1. The summed E-state index contributed by atoms with van der Waals surface area (Å²) in [5, 5.41) is 2.97. The van der Waals surface area contributed by atoms with Gasteiger partial charge in [-0.1, -0.05) is 18.2 Å². The lowest BCUT2D eigenvalue weighted by molar-refractivity contribution is 0.187. The number of imidazole rings is 1. The molecule has 0 radical (unpaired) electrons. The average molecular weight is 395 g/mol. The molecule has 1 aliphatic heterocycles. The number of carbonyl (C=O) groups is 1. The van der Waals surface area contributed by atoms with Crippen molar-refractivity contribution < 1.29 is 9.53 Å². The summed E-state index contributed by atoms with van der Waals surface area (Å²) in [6, 6.07) is 11.2. The van der Waals surface area contributed by atoms with Crippen molar-refractivity contribution in [1.82, 2.24) is 19.0 Å². The molecule has 4 rings (SSSR count). The number of hydrogen-bond donors (Lipinski definition) is 1. The van der Waals surface area contributed by atoms with Crippen LogP contribution in [0, 0.1) is 6.92 Å². The van der Waals surface area contributed by atoms with Crippen LogP contribution in [0.15, 0.2) is 47.4 Å². The van der Waals surface area contributed by atoms with Crippen LogP contribution in [0.25, 0.3) is 11.2 Å². The van der Waals surface area contributed by atoms with Gasteiger partial charge in [0.2, 0.25) is 0 Å². The van der Waals surface area contributed by atoms with Crippen LogP contribution in [0.4, 0.5) is 10.5 Å². The van der Waals surface area contributed by atoms with E-state index in [4.69, 9.17) is 4.74 Å². The number of anilines is 1. The van der Waals surface area contributed by atoms with Gasteiger partial charge in [-0.15, -0.1) is 0 Å². The highest BCUT2D eigenvalue weighted by Gasteiger charge is 2.31. The molecule has 1 unspecified atom stereocenters. The van der Waals surface area contributed by atoms with Gasteiger partial charge < -0.3 is 15.0 Å². The van der Waals surface area contributed by atoms with Gasteiger partial charge >= 0.3 is 11.7 Å². The molecule has 0 bridgehead atoms. The van der Waals surface area contributed by atoms with Gasteiger partial charge in [0.1, 0.15) is 0 Å². The highest BCUT2D eigenvalue weighted by Crippen LogP contribution is 2.25. The number of amides is 2. The Kier molecular flexibility index (Phi) is 5.35. The molecule has 152 valence electrons. The van der Waals surface area contributed by atoms with Crippen LogP contribution in [0.5, 0.6) is 0 Å². The minimum atomic E-state index is -0.147. The molecule has 1 aromatic carbocycles. The fraction of sp³-hybridized carbons (Fsp3) is 0.381. The number of likely N-dealkylation sites (tertiary alicyclic amines) is 1. The van der Waals surface area contributed by atoms with E-state index in [0.29, 0.717) is 38.3 Å². The van der Waals surface area contributed by atoms with Crippen LogP contribution < -0.4 is 11.0 Å². The summed E-state index contributed by atoms with van der Waals surface area (Å²) < 4.78 is 8.57. The fourth-order valence-corrected chi connectivity index (χ4v) is 3.88. The van der Waals surface area contributed by atoms with E-state index in [9.17, 15) is 9.59 Å². The van der Waals surface area contributed by atoms with E-state index in [1.807, 2.05) is 43.3 Å². The van der Waals surface area contributed by atoms with Crippen LogP contribution in [0.2, 0.25) is 0 Å². The number of carbonyl (C=O) groups excluding carboxylic acids is 1. The molecule has 0 aliphatic carbocycles. The first kappa shape index (κ1) is 19.2. The minimum absolute atomic E-state index is 0.105. The molecule has 0 saturated carbocycles. The van der Waals surface area contributed by atoms with Crippen molar-refractivity contribution in [2.24, 2.45) is 0 Å². The van der Waals surface area contributed by atoms with Crippen molar-refractivity contribution in [2.75, 3.05) is 32.1 Å². The molecule has 8 nitrogen and oxygen atoms in total. The highest BCUT2D eigenvalue weighted by molar-refractivity contribution is 5.90. The summed E-state index contributed by atoms with van der Waals surface area (Å²) >= 11 is 0. The van der Waals surface area contributed by atoms with E-state index in [-0.39, 0.29) is 17.8 Å². The lowest BCUT2D eigenvalue weighted by atomic mass is 10.2. The molecule has 1 atom stereocenters. The standard InChI is InChI=1S/C21H25N5O3/c1-15-6-3-4-7-17(15)23-20(27)24-11-9-16(14-24)26-19-18(8-5-10-22-19)25(21(26)28)12-13-29-2/h3-8,10,16H,9,11-14H2,1-2H3,(H,23,27). The van der Waals surface area contributed by atoms with Crippen molar-refractivity contribution in [3.8, 4) is 0 Å². The van der Waals surface area contributed by atoms with Gasteiger partial charge in [0.05, 0.1) is 24.7 Å². The molecule has 2 amide bonds. The Balaban J connectivity index is 1.57. The van der Waals surface area contributed by atoms with Crippen molar-refractivity contribution in [2.45, 2.75) is 25.9 Å². The van der Waals surface area contributed by atoms with Crippen molar-refractivity contribution >= 4 is 22.9 Å². The van der Waals surface area contributed by atoms with Gasteiger partial charge in [0, 0.05) is 32.1 Å². The maximum Gasteiger partial charge on any atom is 0.330 e. The first-order valence-corrected chi connectivity index (χ1v) is 9.76. The molecule has 1 fully saturated rings. The SMILES string of the molecule is COCCn1c(=O)n(C2CCN(C(=O)Nc3ccccc3C)C2)c2ncccc21. The van der Waals surface area contributed by atoms with Crippen molar-refractivity contribution in [1.29, 1.82) is 0 Å². The van der Waals surface area contributed by atoms with E-state index in [2.05, 4.69) is 10.3 Å². The lowest BCUT2D eigenvalue weighted by Gasteiger charge is -2.18. The molecule has 1 aliphatic rings. The number of aryl methyl sites for hydroxylation is 1. The zero-order valence-electron chi connectivity index (χ0n) is 16.7. The first-order chi connectivity index (χ1) is 14.1. The fourth-order valence-electron chi connectivity index (χ4n) is 3.88. The Morgan fingerprint density at radius 3 is 2.90 bits per heavy atom. The van der Waals surface area contributed by atoms with E-state index in [0.717, 1.165) is 16.8 Å². The highest BCUT2D eigenvalue weighted by atomic mass is 16.5. The first-order valence-electron chi connectivity index (χ1n) is 9.76. The second kappa shape index (κ2) is 8.08. The normalized spacial score (nSPS) is 16.5. The topological polar surface area (TPSA) is 81.4 Å². The van der Waals surface area contributed by atoms with Crippen LogP contribution in [0.3, 0.4) is 0 Å². The molecule has 29 heavy (non-hydrogen) atoms. The summed E-state index contributed by atoms with van der Waals surface area (Å²) in [5.74, 6) is 0. The molecule has 3 aromatic rings. The third-order valence-corrected chi connectivity index (χ3v) is 5.44. The summed E-state index contributed by atoms with van der Waals surface area (Å²) in [5.41, 5.74) is 3.15. The molecule has 0 spiro atoms. The predicted molar refractivity (Wildman–Crippen MR) is 111 cm³/mol. The zero-order chi connectivity index (χ0) is 20.4. The molecule has 3 heterocycles. The Hall–Kier alpha value is -3.13. The average Bonchev–Trinajstić information content (AvgIpc) is 3.30. The van der Waals surface area contributed by atoms with Gasteiger partial charge in [-0.05, 0) is 37.1 Å². The lowest BCUT2D eigenvalue weighted by Crippen LogP contribution is -2.35. The number of methoxy groups -OCH3 is 1. The number of benzene rings is 1. The minimum Gasteiger partial charge on any atom is -0.383 e. The second-order valence-corrected chi connectivity index (χ2v) is 7.28. The predicted octanol–water partition coefficient (Wildman–Crippen LogP) is 2.63. The summed E-state index contributed by atoms with van der Waals surface area (Å²) in [7, 11) is 1.62. The largest absolute Gasteiger partial charge is 0.383 e. The third kappa shape index (κ3) is 3.63. The van der Waals surface area contributed by atoms with E-state index in [1.54, 1.807) is 27.3 Å². The summed E-state index contributed by atoms with van der Waals surface area (Å²) in [6.45, 7) is 3.94. The number of rotatable bonds is 5. The van der Waals surface area contributed by atoms with Gasteiger partial charge in [-0.25, -0.2) is 14.6 Å². The maximum absolute atomic E-state index is 13.1. The van der Waals surface area contributed by atoms with E-state index in [1.165, 1.54) is 0 Å². The van der Waals surface area contributed by atoms with E-state index < -0.39 is 0 Å². The Morgan fingerprint density at radius 1 is 1.28 bits per heavy atom. The van der Waals surface area contributed by atoms with Crippen molar-refractivity contribution in [3.05, 3.63) is 58.6 Å². The van der Waals surface area contributed by atoms with E-state index >= 15 is 0 Å². The Labute approximate surface area is 168 Å². The molecule has 8 heteroatoms. The Bertz CT molecular complexity index is 1090. The number of ether oxygens (including phenoxy) is 1. The maximum atomic E-state index is 13.1. The molecule has 2 aromatic heterocycles. The number of fused-ring (bicyclic) bond motifs is 1. The second-order valence-electron chi connectivity index (χ2n) is 7.28. The third-order valence-electron chi connectivity index (χ3n) is 5.44. The van der Waals surface area contributed by atoms with Gasteiger partial charge in [-0.2, -0.15) is 0 Å². The Morgan fingerprint density at radius 2 is 2.10 bits per heavy atom. The van der Waals surface area contributed by atoms with Crippen molar-refractivity contribution in [3.63, 3.8) is 0 Å². The van der Waals surface area contributed by atoms with Gasteiger partial charge in [0.15, 0.2) is 5.65 Å². The monoisotopic (exact) mass is 395 g/mol. The number of nitrogens with one attached hydrogen (secondary N) is 1. The summed E-state index contributed by atoms with van der Waals surface area (Å²) in [6.07, 6.45) is 2.40. The zero-order valence-corrected chi connectivity index (χ0v) is 16.7. The summed E-state index contributed by atoms with van der Waals surface area (Å²) in [4.78, 5) is 32.0. The quantitative estimate of drug-likeness (QED) is 0.720. The number of hydrogen-bond acceptors (Lipinski definition) is 4. The number of aromatic nitrogens is 3. The molecular weight excluding hydrogens is 370 g/mol. The smallest absolute Gasteiger partial charge is 0.330 e. The molecule has 1 N–H and O–H groups in total. The van der Waals surface area contributed by atoms with Crippen LogP contribution in [-0.4, -0.2) is 51.9 Å². The molecular formula is C21H25N5O3.